The largest absolute Gasteiger partial charge is 0.478 e. The molecule has 0 radical (unpaired) electrons. The van der Waals surface area contributed by atoms with E-state index >= 15 is 0 Å². The second-order valence-electron chi connectivity index (χ2n) is 6.44. The van der Waals surface area contributed by atoms with E-state index < -0.39 is 5.97 Å². The first-order valence-corrected chi connectivity index (χ1v) is 8.20. The summed E-state index contributed by atoms with van der Waals surface area (Å²) in [6, 6.07) is 16.9. The first-order valence-electron chi connectivity index (χ1n) is 8.20. The zero-order valence-electron chi connectivity index (χ0n) is 14.0. The standard InChI is InChI=1S/C21H17NO3/c1-12(2)13-7-8-17-15(9-13)16(21(23)24)11-18(22-17)20-10-14-5-3-4-6-19(14)25-20/h3-12H,1-2H3,(H,23,24). The number of aromatic nitrogens is 1. The zero-order valence-corrected chi connectivity index (χ0v) is 14.0. The third kappa shape index (κ3) is 2.66. The van der Waals surface area contributed by atoms with Crippen molar-refractivity contribution in [3.05, 3.63) is 65.7 Å². The number of benzene rings is 2. The van der Waals surface area contributed by atoms with Crippen molar-refractivity contribution in [2.75, 3.05) is 0 Å². The van der Waals surface area contributed by atoms with Crippen molar-refractivity contribution in [1.82, 2.24) is 4.98 Å². The molecule has 0 saturated heterocycles. The molecule has 2 aromatic carbocycles. The van der Waals surface area contributed by atoms with Crippen LogP contribution < -0.4 is 0 Å². The topological polar surface area (TPSA) is 63.3 Å². The van der Waals surface area contributed by atoms with E-state index in [1.54, 1.807) is 6.07 Å². The summed E-state index contributed by atoms with van der Waals surface area (Å²) in [7, 11) is 0. The Morgan fingerprint density at radius 1 is 1.08 bits per heavy atom. The molecule has 25 heavy (non-hydrogen) atoms. The van der Waals surface area contributed by atoms with E-state index in [9.17, 15) is 9.90 Å². The molecule has 0 atom stereocenters. The Morgan fingerprint density at radius 3 is 2.60 bits per heavy atom. The molecule has 0 fully saturated rings. The molecule has 4 rings (SSSR count). The van der Waals surface area contributed by atoms with E-state index in [4.69, 9.17) is 4.42 Å². The van der Waals surface area contributed by atoms with Crippen LogP contribution in [0.15, 0.2) is 59.0 Å². The minimum absolute atomic E-state index is 0.239. The van der Waals surface area contributed by atoms with E-state index in [2.05, 4.69) is 18.8 Å². The summed E-state index contributed by atoms with van der Waals surface area (Å²) in [5, 5.41) is 11.3. The van der Waals surface area contributed by atoms with Gasteiger partial charge in [-0.05, 0) is 41.8 Å². The number of nitrogens with zero attached hydrogens (tertiary/aromatic N) is 1. The van der Waals surface area contributed by atoms with Gasteiger partial charge in [0.1, 0.15) is 11.3 Å². The summed E-state index contributed by atoms with van der Waals surface area (Å²) < 4.78 is 5.84. The summed E-state index contributed by atoms with van der Waals surface area (Å²) in [5.74, 6) is -0.0784. The SMILES string of the molecule is CC(C)c1ccc2nc(-c3cc4ccccc4o3)cc(C(=O)O)c2c1. The van der Waals surface area contributed by atoms with Gasteiger partial charge in [-0.3, -0.25) is 0 Å². The molecule has 2 heterocycles. The highest BCUT2D eigenvalue weighted by Crippen LogP contribution is 2.31. The van der Waals surface area contributed by atoms with Crippen LogP contribution >= 0.6 is 0 Å². The van der Waals surface area contributed by atoms with Crippen molar-refractivity contribution in [1.29, 1.82) is 0 Å². The van der Waals surface area contributed by atoms with Gasteiger partial charge >= 0.3 is 5.97 Å². The number of aromatic carboxylic acids is 1. The monoisotopic (exact) mass is 331 g/mol. The van der Waals surface area contributed by atoms with Gasteiger partial charge < -0.3 is 9.52 Å². The van der Waals surface area contributed by atoms with Crippen molar-refractivity contribution in [2.24, 2.45) is 0 Å². The number of pyridine rings is 1. The lowest BCUT2D eigenvalue weighted by Gasteiger charge is -2.10. The maximum Gasteiger partial charge on any atom is 0.336 e. The van der Waals surface area contributed by atoms with Crippen LogP contribution in [0.5, 0.6) is 0 Å². The first-order chi connectivity index (χ1) is 12.0. The van der Waals surface area contributed by atoms with Gasteiger partial charge in [0.25, 0.3) is 0 Å². The van der Waals surface area contributed by atoms with Crippen LogP contribution in [0.1, 0.15) is 35.7 Å². The number of fused-ring (bicyclic) bond motifs is 2. The molecule has 2 aromatic heterocycles. The molecule has 0 unspecified atom stereocenters. The Kier molecular flexibility index (Phi) is 3.53. The van der Waals surface area contributed by atoms with Gasteiger partial charge in [-0.2, -0.15) is 0 Å². The predicted octanol–water partition coefficient (Wildman–Crippen LogP) is 5.47. The minimum atomic E-state index is -0.967. The number of carboxylic acids is 1. The van der Waals surface area contributed by atoms with E-state index in [1.807, 2.05) is 48.5 Å². The lowest BCUT2D eigenvalue weighted by molar-refractivity contribution is 0.0699. The lowest BCUT2D eigenvalue weighted by Crippen LogP contribution is -2.01. The van der Waals surface area contributed by atoms with Gasteiger partial charge in [0.15, 0.2) is 5.76 Å². The van der Waals surface area contributed by atoms with E-state index in [-0.39, 0.29) is 5.56 Å². The summed E-state index contributed by atoms with van der Waals surface area (Å²) >= 11 is 0. The zero-order chi connectivity index (χ0) is 17.6. The predicted molar refractivity (Wildman–Crippen MR) is 98.0 cm³/mol. The molecule has 0 amide bonds. The van der Waals surface area contributed by atoms with Crippen LogP contribution in [-0.4, -0.2) is 16.1 Å². The number of rotatable bonds is 3. The molecule has 0 spiro atoms. The number of furan rings is 1. The Balaban J connectivity index is 1.96. The molecule has 0 aliphatic rings. The van der Waals surface area contributed by atoms with Crippen LogP contribution in [0.3, 0.4) is 0 Å². The normalized spacial score (nSPS) is 11.5. The van der Waals surface area contributed by atoms with Crippen molar-refractivity contribution < 1.29 is 14.3 Å². The van der Waals surface area contributed by atoms with Crippen molar-refractivity contribution in [3.8, 4) is 11.5 Å². The van der Waals surface area contributed by atoms with Gasteiger partial charge in [-0.15, -0.1) is 0 Å². The molecule has 4 heteroatoms. The molecule has 1 N–H and O–H groups in total. The summed E-state index contributed by atoms with van der Waals surface area (Å²) in [6.45, 7) is 4.16. The third-order valence-electron chi connectivity index (χ3n) is 4.41. The highest BCUT2D eigenvalue weighted by molar-refractivity contribution is 6.04. The Hall–Kier alpha value is -3.14. The fourth-order valence-electron chi connectivity index (χ4n) is 3.01. The van der Waals surface area contributed by atoms with E-state index in [1.165, 1.54) is 0 Å². The van der Waals surface area contributed by atoms with E-state index in [0.29, 0.717) is 28.3 Å². The summed E-state index contributed by atoms with van der Waals surface area (Å²) in [6.07, 6.45) is 0. The molecule has 0 aliphatic heterocycles. The van der Waals surface area contributed by atoms with Crippen LogP contribution in [0, 0.1) is 0 Å². The number of hydrogen-bond donors (Lipinski definition) is 1. The molecule has 0 aliphatic carbocycles. The van der Waals surface area contributed by atoms with Crippen LogP contribution in [0.25, 0.3) is 33.3 Å². The maximum absolute atomic E-state index is 11.8. The maximum atomic E-state index is 11.8. The molecule has 4 nitrogen and oxygen atoms in total. The fourth-order valence-corrected chi connectivity index (χ4v) is 3.01. The van der Waals surface area contributed by atoms with Crippen molar-refractivity contribution >= 4 is 27.8 Å². The summed E-state index contributed by atoms with van der Waals surface area (Å²) in [4.78, 5) is 16.4. The van der Waals surface area contributed by atoms with Gasteiger partial charge in [-0.25, -0.2) is 9.78 Å². The van der Waals surface area contributed by atoms with E-state index in [0.717, 1.165) is 16.5 Å². The minimum Gasteiger partial charge on any atom is -0.478 e. The average molecular weight is 331 g/mol. The third-order valence-corrected chi connectivity index (χ3v) is 4.41. The van der Waals surface area contributed by atoms with Gasteiger partial charge in [0.2, 0.25) is 0 Å². The molecule has 0 saturated carbocycles. The quantitative estimate of drug-likeness (QED) is 0.540. The highest BCUT2D eigenvalue weighted by Gasteiger charge is 2.16. The second kappa shape index (κ2) is 5.74. The number of hydrogen-bond acceptors (Lipinski definition) is 3. The molecular formula is C21H17NO3. The first kappa shape index (κ1) is 15.4. The molecular weight excluding hydrogens is 314 g/mol. The number of para-hydroxylation sites is 1. The van der Waals surface area contributed by atoms with Gasteiger partial charge in [-0.1, -0.05) is 38.1 Å². The number of carboxylic acid groups (broad SMARTS) is 1. The van der Waals surface area contributed by atoms with Crippen molar-refractivity contribution in [3.63, 3.8) is 0 Å². The Morgan fingerprint density at radius 2 is 1.88 bits per heavy atom. The average Bonchev–Trinajstić information content (AvgIpc) is 3.04. The smallest absolute Gasteiger partial charge is 0.336 e. The Labute approximate surface area is 144 Å². The number of carbonyl (C=O) groups is 1. The van der Waals surface area contributed by atoms with Crippen LogP contribution in [-0.2, 0) is 0 Å². The van der Waals surface area contributed by atoms with Gasteiger partial charge in [0, 0.05) is 10.8 Å². The fraction of sp³-hybridized carbons (Fsp3) is 0.143. The van der Waals surface area contributed by atoms with Crippen LogP contribution in [0.4, 0.5) is 0 Å². The molecule has 124 valence electrons. The molecule has 4 aromatic rings. The molecule has 0 bridgehead atoms. The Bertz CT molecular complexity index is 1080. The second-order valence-corrected chi connectivity index (χ2v) is 6.44. The van der Waals surface area contributed by atoms with Crippen LogP contribution in [0.2, 0.25) is 0 Å². The van der Waals surface area contributed by atoms with Gasteiger partial charge in [0.05, 0.1) is 11.1 Å². The lowest BCUT2D eigenvalue weighted by atomic mass is 9.98. The van der Waals surface area contributed by atoms with Crippen molar-refractivity contribution in [2.45, 2.75) is 19.8 Å². The summed E-state index contributed by atoms with van der Waals surface area (Å²) in [5.41, 5.74) is 3.26. The highest BCUT2D eigenvalue weighted by atomic mass is 16.4.